The van der Waals surface area contributed by atoms with Crippen LogP contribution in [-0.4, -0.2) is 91.2 Å². The summed E-state index contributed by atoms with van der Waals surface area (Å²) in [6, 6.07) is 7.12. The van der Waals surface area contributed by atoms with E-state index in [0.29, 0.717) is 50.7 Å². The van der Waals surface area contributed by atoms with E-state index >= 15 is 0 Å². The van der Waals surface area contributed by atoms with Crippen molar-refractivity contribution in [3.63, 3.8) is 0 Å². The molecule has 5 rings (SSSR count). The number of carbonyl (C=O) groups is 1. The maximum absolute atomic E-state index is 12.0. The maximum Gasteiger partial charge on any atom is 0.318 e. The molecule has 36 heavy (non-hydrogen) atoms. The van der Waals surface area contributed by atoms with Crippen LogP contribution in [0.4, 0.5) is 16.3 Å². The third-order valence-corrected chi connectivity index (χ3v) is 7.91. The number of nitrogens with one attached hydrogen (secondary N) is 2. The SMILES string of the molecule is CNC(=O)Nc1ccc(-c2nc(N3CCOCC3)c3cnn(C4CCN(S(C)(=O)=O)CC4)c3n2)cc1. The third-order valence-electron chi connectivity index (χ3n) is 6.61. The van der Waals surface area contributed by atoms with Crippen LogP contribution in [0.5, 0.6) is 0 Å². The Morgan fingerprint density at radius 2 is 1.75 bits per heavy atom. The standard InChI is InChI=1S/C23H30N8O4S/c1-24-23(32)26-17-5-3-16(4-6-17)20-27-21(29-11-13-35-14-12-29)19-15-25-31(22(19)28-20)18-7-9-30(10-8-18)36(2,33)34/h3-6,15,18H,7-14H2,1-2H3,(H2,24,26,32). The molecule has 1 aromatic carbocycles. The molecule has 0 bridgehead atoms. The van der Waals surface area contributed by atoms with Crippen molar-refractivity contribution in [1.29, 1.82) is 0 Å². The average molecular weight is 515 g/mol. The second-order valence-corrected chi connectivity index (χ2v) is 11.0. The Morgan fingerprint density at radius 3 is 2.39 bits per heavy atom. The van der Waals surface area contributed by atoms with Gasteiger partial charge in [-0.05, 0) is 37.1 Å². The molecule has 2 aromatic heterocycles. The van der Waals surface area contributed by atoms with Crippen LogP contribution in [0.2, 0.25) is 0 Å². The number of hydrogen-bond acceptors (Lipinski definition) is 8. The summed E-state index contributed by atoms with van der Waals surface area (Å²) in [6.45, 7) is 3.60. The maximum atomic E-state index is 12.0. The fourth-order valence-electron chi connectivity index (χ4n) is 4.64. The first-order valence-corrected chi connectivity index (χ1v) is 13.8. The van der Waals surface area contributed by atoms with Crippen LogP contribution in [0.15, 0.2) is 30.5 Å². The van der Waals surface area contributed by atoms with Crippen molar-refractivity contribution < 1.29 is 17.9 Å². The molecule has 0 saturated carbocycles. The summed E-state index contributed by atoms with van der Waals surface area (Å²) >= 11 is 0. The number of amides is 2. The molecule has 0 atom stereocenters. The summed E-state index contributed by atoms with van der Waals surface area (Å²) in [6.07, 6.45) is 4.38. The van der Waals surface area contributed by atoms with Gasteiger partial charge in [0.1, 0.15) is 5.82 Å². The lowest BCUT2D eigenvalue weighted by Crippen LogP contribution is -2.38. The Labute approximate surface area is 209 Å². The average Bonchev–Trinajstić information content (AvgIpc) is 3.32. The minimum atomic E-state index is -3.21. The number of morpholine rings is 1. The number of sulfonamides is 1. The summed E-state index contributed by atoms with van der Waals surface area (Å²) in [5.74, 6) is 1.37. The van der Waals surface area contributed by atoms with E-state index in [0.717, 1.165) is 35.5 Å². The second-order valence-electron chi connectivity index (χ2n) is 8.97. The van der Waals surface area contributed by atoms with Crippen molar-refractivity contribution in [2.75, 3.05) is 62.9 Å². The number of rotatable bonds is 5. The molecular formula is C23H30N8O4S. The van der Waals surface area contributed by atoms with E-state index in [1.54, 1.807) is 7.05 Å². The van der Waals surface area contributed by atoms with Crippen LogP contribution < -0.4 is 15.5 Å². The molecular weight excluding hydrogens is 484 g/mol. The predicted octanol–water partition coefficient (Wildman–Crippen LogP) is 1.68. The number of aromatic nitrogens is 4. The highest BCUT2D eigenvalue weighted by molar-refractivity contribution is 7.88. The molecule has 2 saturated heterocycles. The van der Waals surface area contributed by atoms with Crippen molar-refractivity contribution in [2.45, 2.75) is 18.9 Å². The first kappa shape index (κ1) is 24.4. The minimum absolute atomic E-state index is 0.0416. The first-order valence-electron chi connectivity index (χ1n) is 12.0. The Morgan fingerprint density at radius 1 is 1.06 bits per heavy atom. The molecule has 2 fully saturated rings. The van der Waals surface area contributed by atoms with Gasteiger partial charge in [0.05, 0.1) is 37.1 Å². The van der Waals surface area contributed by atoms with Crippen molar-refractivity contribution in [3.05, 3.63) is 30.5 Å². The van der Waals surface area contributed by atoms with Gasteiger partial charge in [-0.2, -0.15) is 5.10 Å². The Balaban J connectivity index is 1.52. The molecule has 0 radical (unpaired) electrons. The monoisotopic (exact) mass is 514 g/mol. The van der Waals surface area contributed by atoms with E-state index in [4.69, 9.17) is 14.7 Å². The normalized spacial score (nSPS) is 17.9. The number of carbonyl (C=O) groups excluding carboxylic acids is 1. The quantitative estimate of drug-likeness (QED) is 0.525. The van der Waals surface area contributed by atoms with Gasteiger partial charge in [-0.15, -0.1) is 0 Å². The van der Waals surface area contributed by atoms with Gasteiger partial charge in [-0.3, -0.25) is 0 Å². The molecule has 0 unspecified atom stereocenters. The second kappa shape index (κ2) is 9.99. The van der Waals surface area contributed by atoms with E-state index in [1.165, 1.54) is 10.6 Å². The van der Waals surface area contributed by atoms with Crippen LogP contribution in [-0.2, 0) is 14.8 Å². The zero-order valence-corrected chi connectivity index (χ0v) is 21.2. The highest BCUT2D eigenvalue weighted by atomic mass is 32.2. The number of ether oxygens (including phenoxy) is 1. The zero-order chi connectivity index (χ0) is 25.3. The highest BCUT2D eigenvalue weighted by Crippen LogP contribution is 2.32. The Hall–Kier alpha value is -3.29. The van der Waals surface area contributed by atoms with E-state index in [-0.39, 0.29) is 12.1 Å². The molecule has 0 aliphatic carbocycles. The highest BCUT2D eigenvalue weighted by Gasteiger charge is 2.29. The van der Waals surface area contributed by atoms with E-state index in [9.17, 15) is 13.2 Å². The van der Waals surface area contributed by atoms with Gasteiger partial charge in [0.25, 0.3) is 0 Å². The summed E-state index contributed by atoms with van der Waals surface area (Å²) in [5.41, 5.74) is 2.20. The van der Waals surface area contributed by atoms with Gasteiger partial charge >= 0.3 is 6.03 Å². The third kappa shape index (κ3) is 4.99. The van der Waals surface area contributed by atoms with Crippen LogP contribution in [0.25, 0.3) is 22.4 Å². The first-order chi connectivity index (χ1) is 17.3. The number of benzene rings is 1. The number of nitrogens with zero attached hydrogens (tertiary/aromatic N) is 6. The molecule has 4 heterocycles. The molecule has 2 N–H and O–H groups in total. The molecule has 12 nitrogen and oxygen atoms in total. The number of piperidine rings is 1. The smallest absolute Gasteiger partial charge is 0.318 e. The van der Waals surface area contributed by atoms with Crippen molar-refractivity contribution in [1.82, 2.24) is 29.4 Å². The van der Waals surface area contributed by atoms with Gasteiger partial charge in [-0.1, -0.05) is 0 Å². The molecule has 3 aromatic rings. The minimum Gasteiger partial charge on any atom is -0.378 e. The van der Waals surface area contributed by atoms with Gasteiger partial charge in [0.15, 0.2) is 11.5 Å². The molecule has 0 spiro atoms. The Bertz CT molecular complexity index is 1340. The number of fused-ring (bicyclic) bond motifs is 1. The van der Waals surface area contributed by atoms with Gasteiger partial charge in [0, 0.05) is 44.5 Å². The molecule has 2 amide bonds. The van der Waals surface area contributed by atoms with E-state index in [1.807, 2.05) is 35.1 Å². The summed E-state index contributed by atoms with van der Waals surface area (Å²) in [5, 5.41) is 10.8. The summed E-state index contributed by atoms with van der Waals surface area (Å²) in [4.78, 5) is 23.7. The van der Waals surface area contributed by atoms with E-state index < -0.39 is 10.0 Å². The van der Waals surface area contributed by atoms with Crippen LogP contribution in [0.3, 0.4) is 0 Å². The lowest BCUT2D eigenvalue weighted by molar-refractivity contribution is 0.122. The van der Waals surface area contributed by atoms with Gasteiger partial charge in [-0.25, -0.2) is 32.2 Å². The van der Waals surface area contributed by atoms with E-state index in [2.05, 4.69) is 20.6 Å². The molecule has 192 valence electrons. The molecule has 13 heteroatoms. The largest absolute Gasteiger partial charge is 0.378 e. The molecule has 2 aliphatic rings. The van der Waals surface area contributed by atoms with Crippen molar-refractivity contribution in [3.8, 4) is 11.4 Å². The van der Waals surface area contributed by atoms with Crippen molar-refractivity contribution in [2.24, 2.45) is 0 Å². The van der Waals surface area contributed by atoms with Gasteiger partial charge in [0.2, 0.25) is 10.0 Å². The number of urea groups is 1. The Kier molecular flexibility index (Phi) is 6.77. The topological polar surface area (TPSA) is 135 Å². The zero-order valence-electron chi connectivity index (χ0n) is 20.3. The van der Waals surface area contributed by atoms with Crippen LogP contribution >= 0.6 is 0 Å². The fourth-order valence-corrected chi connectivity index (χ4v) is 5.51. The number of hydrogen-bond donors (Lipinski definition) is 2. The van der Waals surface area contributed by atoms with Crippen LogP contribution in [0.1, 0.15) is 18.9 Å². The van der Waals surface area contributed by atoms with Crippen LogP contribution in [0, 0.1) is 0 Å². The summed E-state index contributed by atoms with van der Waals surface area (Å²) in [7, 11) is -1.64. The molecule has 2 aliphatic heterocycles. The number of anilines is 2. The van der Waals surface area contributed by atoms with Crippen molar-refractivity contribution >= 4 is 38.6 Å². The lowest BCUT2D eigenvalue weighted by Gasteiger charge is -2.31. The predicted molar refractivity (Wildman–Crippen MR) is 137 cm³/mol. The summed E-state index contributed by atoms with van der Waals surface area (Å²) < 4.78 is 32.9. The fraction of sp³-hybridized carbons (Fsp3) is 0.478. The lowest BCUT2D eigenvalue weighted by atomic mass is 10.1. The van der Waals surface area contributed by atoms with Gasteiger partial charge < -0.3 is 20.3 Å².